The van der Waals surface area contributed by atoms with Crippen LogP contribution in [0.3, 0.4) is 0 Å². The first kappa shape index (κ1) is 10.9. The van der Waals surface area contributed by atoms with Gasteiger partial charge in [0, 0.05) is 23.4 Å². The molecular formula is C13H13NO2S. The average molecular weight is 247 g/mol. The van der Waals surface area contributed by atoms with Gasteiger partial charge in [0.2, 0.25) is 0 Å². The minimum atomic E-state index is -0.337. The minimum absolute atomic E-state index is 0.0882. The van der Waals surface area contributed by atoms with Crippen LogP contribution in [-0.4, -0.2) is 31.6 Å². The zero-order valence-electron chi connectivity index (χ0n) is 9.31. The van der Waals surface area contributed by atoms with Crippen LogP contribution >= 0.6 is 11.3 Å². The molecule has 88 valence electrons. The van der Waals surface area contributed by atoms with Gasteiger partial charge >= 0.3 is 0 Å². The second-order valence-electron chi connectivity index (χ2n) is 4.07. The first-order valence-corrected chi connectivity index (χ1v) is 6.57. The van der Waals surface area contributed by atoms with E-state index in [2.05, 4.69) is 5.32 Å². The molecule has 1 aromatic carbocycles. The summed E-state index contributed by atoms with van der Waals surface area (Å²) in [5.41, 5.74) is 0.784. The molecular weight excluding hydrogens is 234 g/mol. The molecule has 1 N–H and O–H groups in total. The fourth-order valence-corrected chi connectivity index (χ4v) is 3.01. The molecule has 4 heteroatoms. The first-order chi connectivity index (χ1) is 8.36. The van der Waals surface area contributed by atoms with Gasteiger partial charge in [-0.15, -0.1) is 11.3 Å². The summed E-state index contributed by atoms with van der Waals surface area (Å²) in [5, 5.41) is 6.33. The monoisotopic (exact) mass is 247 g/mol. The van der Waals surface area contributed by atoms with Crippen LogP contribution in [0.5, 0.6) is 0 Å². The summed E-state index contributed by atoms with van der Waals surface area (Å²) in [5.74, 6) is 0.0882. The number of carbonyl (C=O) groups is 1. The predicted octanol–water partition coefficient (Wildman–Crippen LogP) is 2.07. The van der Waals surface area contributed by atoms with Gasteiger partial charge in [0.25, 0.3) is 0 Å². The summed E-state index contributed by atoms with van der Waals surface area (Å²) in [6.45, 7) is 2.05. The molecule has 1 aliphatic rings. The molecule has 0 spiro atoms. The van der Waals surface area contributed by atoms with Gasteiger partial charge in [-0.3, -0.25) is 4.79 Å². The number of ketones is 1. The molecule has 17 heavy (non-hydrogen) atoms. The molecule has 0 aliphatic carbocycles. The van der Waals surface area contributed by atoms with Crippen LogP contribution in [-0.2, 0) is 4.74 Å². The Hall–Kier alpha value is -1.23. The Kier molecular flexibility index (Phi) is 2.93. The van der Waals surface area contributed by atoms with E-state index in [-0.39, 0.29) is 11.9 Å². The van der Waals surface area contributed by atoms with Crippen molar-refractivity contribution in [1.82, 2.24) is 5.32 Å². The molecule has 0 amide bonds. The number of ether oxygens (including phenoxy) is 1. The number of hydrogen-bond acceptors (Lipinski definition) is 4. The highest BCUT2D eigenvalue weighted by Crippen LogP contribution is 2.26. The second kappa shape index (κ2) is 4.56. The van der Waals surface area contributed by atoms with Crippen molar-refractivity contribution in [1.29, 1.82) is 0 Å². The fourth-order valence-electron chi connectivity index (χ4n) is 2.09. The van der Waals surface area contributed by atoms with Crippen LogP contribution < -0.4 is 5.32 Å². The maximum Gasteiger partial charge on any atom is 0.194 e. The molecule has 1 atom stereocenters. The second-order valence-corrected chi connectivity index (χ2v) is 4.99. The predicted molar refractivity (Wildman–Crippen MR) is 68.8 cm³/mol. The number of rotatable bonds is 2. The van der Waals surface area contributed by atoms with E-state index >= 15 is 0 Å². The van der Waals surface area contributed by atoms with Gasteiger partial charge in [0.15, 0.2) is 5.78 Å². The number of hydrogen-bond donors (Lipinski definition) is 1. The third-order valence-corrected chi connectivity index (χ3v) is 3.93. The SMILES string of the molecule is O=C(c1cccc2ccsc12)C1CNCCO1. The number of morpholine rings is 1. The van der Waals surface area contributed by atoms with Gasteiger partial charge in [0.05, 0.1) is 6.61 Å². The van der Waals surface area contributed by atoms with Crippen molar-refractivity contribution in [3.05, 3.63) is 35.2 Å². The van der Waals surface area contributed by atoms with Crippen molar-refractivity contribution in [2.75, 3.05) is 19.7 Å². The van der Waals surface area contributed by atoms with Gasteiger partial charge in [0.1, 0.15) is 6.10 Å². The van der Waals surface area contributed by atoms with Crippen LogP contribution in [0.1, 0.15) is 10.4 Å². The zero-order valence-corrected chi connectivity index (χ0v) is 10.1. The number of thiophene rings is 1. The number of carbonyl (C=O) groups excluding carboxylic acids is 1. The molecule has 2 heterocycles. The van der Waals surface area contributed by atoms with Crippen molar-refractivity contribution in [3.8, 4) is 0 Å². The largest absolute Gasteiger partial charge is 0.367 e. The standard InChI is InChI=1S/C13H13NO2S/c15-12(11-8-14-5-6-16-11)10-3-1-2-9-4-7-17-13(9)10/h1-4,7,11,14H,5-6,8H2. The fraction of sp³-hybridized carbons (Fsp3) is 0.308. The van der Waals surface area contributed by atoms with Crippen molar-refractivity contribution in [2.45, 2.75) is 6.10 Å². The average Bonchev–Trinajstić information content (AvgIpc) is 2.87. The molecule has 1 aromatic heterocycles. The van der Waals surface area contributed by atoms with Gasteiger partial charge in [-0.1, -0.05) is 12.1 Å². The highest BCUT2D eigenvalue weighted by Gasteiger charge is 2.24. The third-order valence-electron chi connectivity index (χ3n) is 2.96. The molecule has 3 nitrogen and oxygen atoms in total. The number of fused-ring (bicyclic) bond motifs is 1. The minimum Gasteiger partial charge on any atom is -0.367 e. The Labute approximate surface area is 103 Å². The molecule has 2 aromatic rings. The van der Waals surface area contributed by atoms with Crippen molar-refractivity contribution in [2.24, 2.45) is 0 Å². The van der Waals surface area contributed by atoms with E-state index in [0.717, 1.165) is 22.2 Å². The van der Waals surface area contributed by atoms with E-state index in [1.54, 1.807) is 11.3 Å². The highest BCUT2D eigenvalue weighted by atomic mass is 32.1. The molecule has 1 aliphatic heterocycles. The van der Waals surface area contributed by atoms with Crippen LogP contribution in [0.2, 0.25) is 0 Å². The molecule has 1 saturated heterocycles. The van der Waals surface area contributed by atoms with Crippen LogP contribution in [0.15, 0.2) is 29.6 Å². The smallest absolute Gasteiger partial charge is 0.194 e. The van der Waals surface area contributed by atoms with E-state index in [9.17, 15) is 4.79 Å². The summed E-state index contributed by atoms with van der Waals surface area (Å²) < 4.78 is 6.57. The molecule has 1 fully saturated rings. The van der Waals surface area contributed by atoms with Gasteiger partial charge < -0.3 is 10.1 Å². The number of nitrogens with one attached hydrogen (secondary N) is 1. The maximum absolute atomic E-state index is 12.4. The molecule has 1 unspecified atom stereocenters. The maximum atomic E-state index is 12.4. The Bertz CT molecular complexity index is 543. The van der Waals surface area contributed by atoms with E-state index < -0.39 is 0 Å². The van der Waals surface area contributed by atoms with Gasteiger partial charge in [-0.25, -0.2) is 0 Å². The Balaban J connectivity index is 1.97. The summed E-state index contributed by atoms with van der Waals surface area (Å²) in [6.07, 6.45) is -0.337. The lowest BCUT2D eigenvalue weighted by Crippen LogP contribution is -2.43. The van der Waals surface area contributed by atoms with E-state index in [0.29, 0.717) is 13.2 Å². The van der Waals surface area contributed by atoms with E-state index in [1.807, 2.05) is 29.6 Å². The summed E-state index contributed by atoms with van der Waals surface area (Å²) >= 11 is 1.61. The van der Waals surface area contributed by atoms with Crippen LogP contribution in [0.25, 0.3) is 10.1 Å². The van der Waals surface area contributed by atoms with E-state index in [4.69, 9.17) is 4.74 Å². The molecule has 0 saturated carbocycles. The summed E-state index contributed by atoms with van der Waals surface area (Å²) in [7, 11) is 0. The number of benzene rings is 1. The summed E-state index contributed by atoms with van der Waals surface area (Å²) in [6, 6.07) is 7.89. The van der Waals surface area contributed by atoms with Gasteiger partial charge in [-0.05, 0) is 22.9 Å². The zero-order chi connectivity index (χ0) is 11.7. The lowest BCUT2D eigenvalue weighted by Gasteiger charge is -2.22. The van der Waals surface area contributed by atoms with E-state index in [1.165, 1.54) is 0 Å². The molecule has 0 bridgehead atoms. The summed E-state index contributed by atoms with van der Waals surface area (Å²) in [4.78, 5) is 12.4. The molecule has 0 radical (unpaired) electrons. The Morgan fingerprint density at radius 2 is 2.35 bits per heavy atom. The highest BCUT2D eigenvalue weighted by molar-refractivity contribution is 7.17. The van der Waals surface area contributed by atoms with Crippen LogP contribution in [0, 0.1) is 0 Å². The van der Waals surface area contributed by atoms with Crippen LogP contribution in [0.4, 0.5) is 0 Å². The first-order valence-electron chi connectivity index (χ1n) is 5.69. The van der Waals surface area contributed by atoms with Gasteiger partial charge in [-0.2, -0.15) is 0 Å². The van der Waals surface area contributed by atoms with Crippen molar-refractivity contribution < 1.29 is 9.53 Å². The topological polar surface area (TPSA) is 38.3 Å². The van der Waals surface area contributed by atoms with Crippen molar-refractivity contribution >= 4 is 27.2 Å². The lowest BCUT2D eigenvalue weighted by molar-refractivity contribution is 0.0271. The molecule has 3 rings (SSSR count). The quantitative estimate of drug-likeness (QED) is 0.826. The van der Waals surface area contributed by atoms with Crippen molar-refractivity contribution in [3.63, 3.8) is 0 Å². The Morgan fingerprint density at radius 1 is 1.41 bits per heavy atom. The lowest BCUT2D eigenvalue weighted by atomic mass is 10.0. The number of Topliss-reactive ketones (excluding diaryl/α,β-unsaturated/α-hetero) is 1. The third kappa shape index (κ3) is 1.99. The normalized spacial score (nSPS) is 20.6. The Morgan fingerprint density at radius 3 is 3.18 bits per heavy atom.